The molecule has 0 aromatic carbocycles. The van der Waals surface area contributed by atoms with Crippen molar-refractivity contribution in [1.82, 2.24) is 10.6 Å². The van der Waals surface area contributed by atoms with Crippen LogP contribution in [0.25, 0.3) is 0 Å². The molecule has 6 nitrogen and oxygen atoms in total. The third-order valence-corrected chi connectivity index (χ3v) is 1.70. The minimum absolute atomic E-state index is 0.0114. The molecule has 0 rings (SSSR count). The summed E-state index contributed by atoms with van der Waals surface area (Å²) in [6, 6.07) is -0.451. The highest BCUT2D eigenvalue weighted by molar-refractivity contribution is 5.73. The van der Waals surface area contributed by atoms with Crippen LogP contribution >= 0.6 is 0 Å². The van der Waals surface area contributed by atoms with E-state index in [1.807, 2.05) is 0 Å². The van der Waals surface area contributed by atoms with Crippen LogP contribution in [0.2, 0.25) is 0 Å². The second kappa shape index (κ2) is 9.76. The Morgan fingerprint density at radius 3 is 2.29 bits per heavy atom. The molecule has 100 valence electrons. The molecule has 0 radical (unpaired) electrons. The maximum Gasteiger partial charge on any atom is 0.345 e. The Morgan fingerprint density at radius 2 is 1.76 bits per heavy atom. The van der Waals surface area contributed by atoms with Crippen molar-refractivity contribution in [3.63, 3.8) is 0 Å². The maximum absolute atomic E-state index is 11.5. The van der Waals surface area contributed by atoms with Gasteiger partial charge in [0.05, 0.1) is 6.61 Å². The molecule has 0 saturated heterocycles. The Kier molecular flexibility index (Phi) is 8.94. The predicted octanol–water partition coefficient (Wildman–Crippen LogP) is 0.780. The number of rotatable bonds is 9. The third-order valence-electron chi connectivity index (χ3n) is 1.70. The standard InChI is InChI=1S/C9H16F2N2O4/c10-8(11)17-6-2-5-13-9(16)12-4-1-3-7(14)15/h8H,1-6H2,(H,14,15)(H2,12,13,16). The quantitative estimate of drug-likeness (QED) is 0.530. The highest BCUT2D eigenvalue weighted by atomic mass is 19.3. The summed E-state index contributed by atoms with van der Waals surface area (Å²) in [4.78, 5) is 21.2. The number of urea groups is 1. The molecule has 0 aromatic rings. The number of alkyl halides is 2. The Bertz CT molecular complexity index is 239. The number of carboxylic acids is 1. The van der Waals surface area contributed by atoms with Gasteiger partial charge in [-0.15, -0.1) is 0 Å². The van der Waals surface area contributed by atoms with Crippen molar-refractivity contribution in [3.05, 3.63) is 0 Å². The van der Waals surface area contributed by atoms with Gasteiger partial charge in [0, 0.05) is 19.5 Å². The number of hydrogen-bond donors (Lipinski definition) is 3. The molecule has 0 fully saturated rings. The van der Waals surface area contributed by atoms with E-state index in [-0.39, 0.29) is 32.5 Å². The van der Waals surface area contributed by atoms with Crippen LogP contribution < -0.4 is 10.6 Å². The molecule has 0 aliphatic carbocycles. The molecule has 0 aromatic heterocycles. The van der Waals surface area contributed by atoms with Gasteiger partial charge in [-0.2, -0.15) is 8.78 Å². The second-order valence-corrected chi connectivity index (χ2v) is 3.16. The van der Waals surface area contributed by atoms with E-state index in [2.05, 4.69) is 15.4 Å². The van der Waals surface area contributed by atoms with E-state index in [1.54, 1.807) is 0 Å². The Balaban J connectivity index is 3.26. The Labute approximate surface area is 97.3 Å². The predicted molar refractivity (Wildman–Crippen MR) is 54.8 cm³/mol. The van der Waals surface area contributed by atoms with E-state index in [4.69, 9.17) is 5.11 Å². The lowest BCUT2D eigenvalue weighted by Gasteiger charge is -2.07. The molecule has 0 aliphatic heterocycles. The van der Waals surface area contributed by atoms with Crippen molar-refractivity contribution >= 4 is 12.0 Å². The number of ether oxygens (including phenoxy) is 1. The first-order valence-electron chi connectivity index (χ1n) is 5.15. The third kappa shape index (κ3) is 12.5. The monoisotopic (exact) mass is 254 g/mol. The van der Waals surface area contributed by atoms with E-state index in [9.17, 15) is 18.4 Å². The van der Waals surface area contributed by atoms with Gasteiger partial charge in [-0.3, -0.25) is 4.79 Å². The summed E-state index contributed by atoms with van der Waals surface area (Å²) < 4.78 is 27.0. The van der Waals surface area contributed by atoms with Crippen LogP contribution in [0, 0.1) is 0 Å². The molecule has 0 spiro atoms. The summed E-state index contributed by atoms with van der Waals surface area (Å²) >= 11 is 0. The van der Waals surface area contributed by atoms with Crippen molar-refractivity contribution < 1.29 is 28.2 Å². The van der Waals surface area contributed by atoms with Gasteiger partial charge in [0.2, 0.25) is 0 Å². The number of aliphatic carboxylic acids is 1. The smallest absolute Gasteiger partial charge is 0.345 e. The number of carboxylic acid groups (broad SMARTS) is 1. The summed E-state index contributed by atoms with van der Waals surface area (Å²) in [5.41, 5.74) is 0. The lowest BCUT2D eigenvalue weighted by Crippen LogP contribution is -2.37. The molecule has 0 atom stereocenters. The van der Waals surface area contributed by atoms with Gasteiger partial charge in [-0.1, -0.05) is 0 Å². The minimum atomic E-state index is -2.79. The molecule has 0 heterocycles. The lowest BCUT2D eigenvalue weighted by atomic mass is 10.3. The van der Waals surface area contributed by atoms with Crippen molar-refractivity contribution in [2.75, 3.05) is 19.7 Å². The Morgan fingerprint density at radius 1 is 1.18 bits per heavy atom. The average molecular weight is 254 g/mol. The van der Waals surface area contributed by atoms with Gasteiger partial charge in [-0.05, 0) is 12.8 Å². The number of hydrogen-bond acceptors (Lipinski definition) is 3. The lowest BCUT2D eigenvalue weighted by molar-refractivity contribution is -0.137. The Hall–Kier alpha value is -1.44. The summed E-state index contributed by atoms with van der Waals surface area (Å²) in [5.74, 6) is -0.920. The minimum Gasteiger partial charge on any atom is -0.481 e. The molecule has 17 heavy (non-hydrogen) atoms. The van der Waals surface area contributed by atoms with Gasteiger partial charge in [-0.25, -0.2) is 4.79 Å². The molecule has 0 saturated carbocycles. The molecular weight excluding hydrogens is 238 g/mol. The number of halogens is 2. The fraction of sp³-hybridized carbons (Fsp3) is 0.778. The molecule has 0 unspecified atom stereocenters. The van der Waals surface area contributed by atoms with E-state index in [0.29, 0.717) is 6.42 Å². The number of nitrogens with one attached hydrogen (secondary N) is 2. The van der Waals surface area contributed by atoms with E-state index in [1.165, 1.54) is 0 Å². The zero-order chi connectivity index (χ0) is 13.1. The summed E-state index contributed by atoms with van der Waals surface area (Å²) in [6.45, 7) is -2.44. The maximum atomic E-state index is 11.5. The van der Waals surface area contributed by atoms with Gasteiger partial charge < -0.3 is 20.5 Å². The molecular formula is C9H16F2N2O4. The molecule has 3 N–H and O–H groups in total. The normalized spacial score (nSPS) is 10.3. The van der Waals surface area contributed by atoms with Gasteiger partial charge >= 0.3 is 18.6 Å². The van der Waals surface area contributed by atoms with Crippen LogP contribution in [0.1, 0.15) is 19.3 Å². The molecule has 8 heteroatoms. The van der Waals surface area contributed by atoms with E-state index in [0.717, 1.165) is 0 Å². The van der Waals surface area contributed by atoms with E-state index < -0.39 is 18.6 Å². The van der Waals surface area contributed by atoms with Crippen molar-refractivity contribution in [2.24, 2.45) is 0 Å². The fourth-order valence-corrected chi connectivity index (χ4v) is 0.951. The average Bonchev–Trinajstić information content (AvgIpc) is 2.23. The van der Waals surface area contributed by atoms with Gasteiger partial charge in [0.25, 0.3) is 0 Å². The largest absolute Gasteiger partial charge is 0.481 e. The highest BCUT2D eigenvalue weighted by Crippen LogP contribution is 1.94. The van der Waals surface area contributed by atoms with Crippen LogP contribution in [0.4, 0.5) is 13.6 Å². The van der Waals surface area contributed by atoms with Gasteiger partial charge in [0.15, 0.2) is 0 Å². The molecule has 2 amide bonds. The summed E-state index contributed by atoms with van der Waals surface area (Å²) in [7, 11) is 0. The van der Waals surface area contributed by atoms with Crippen LogP contribution in [0.5, 0.6) is 0 Å². The first-order valence-corrected chi connectivity index (χ1v) is 5.15. The van der Waals surface area contributed by atoms with Crippen molar-refractivity contribution in [2.45, 2.75) is 25.9 Å². The number of carbonyl (C=O) groups is 2. The first kappa shape index (κ1) is 15.6. The van der Waals surface area contributed by atoms with Crippen LogP contribution in [-0.2, 0) is 9.53 Å². The number of carbonyl (C=O) groups excluding carboxylic acids is 1. The zero-order valence-electron chi connectivity index (χ0n) is 9.25. The van der Waals surface area contributed by atoms with Gasteiger partial charge in [0.1, 0.15) is 0 Å². The van der Waals surface area contributed by atoms with Crippen molar-refractivity contribution in [3.8, 4) is 0 Å². The molecule has 0 bridgehead atoms. The fourth-order valence-electron chi connectivity index (χ4n) is 0.951. The van der Waals surface area contributed by atoms with E-state index >= 15 is 0 Å². The SMILES string of the molecule is O=C(O)CCCNC(=O)NCCCOC(F)F. The topological polar surface area (TPSA) is 87.7 Å². The van der Waals surface area contributed by atoms with Crippen molar-refractivity contribution in [1.29, 1.82) is 0 Å². The summed E-state index contributed by atoms with van der Waals surface area (Å²) in [6.07, 6.45) is 0.618. The first-order chi connectivity index (χ1) is 8.02. The van der Waals surface area contributed by atoms with Crippen LogP contribution in [0.15, 0.2) is 0 Å². The molecule has 0 aliphatic rings. The highest BCUT2D eigenvalue weighted by Gasteiger charge is 2.02. The van der Waals surface area contributed by atoms with Crippen LogP contribution in [-0.4, -0.2) is 43.4 Å². The second-order valence-electron chi connectivity index (χ2n) is 3.16. The van der Waals surface area contributed by atoms with Crippen LogP contribution in [0.3, 0.4) is 0 Å². The zero-order valence-corrected chi connectivity index (χ0v) is 9.25. The summed E-state index contributed by atoms with van der Waals surface area (Å²) in [5, 5.41) is 13.2. The number of amides is 2.